The SMILES string of the molecule is CCCC[C@H](N)CN[C@H](CN[C@H](/C=C/c1ccccc1)CC(C)C)Cc1ccc(O)cc1.Cl.Cl.Cl. The fourth-order valence-corrected chi connectivity index (χ4v) is 3.84. The highest BCUT2D eigenvalue weighted by atomic mass is 35.5. The van der Waals surface area contributed by atoms with Crippen LogP contribution in [0.15, 0.2) is 60.7 Å². The average Bonchev–Trinajstić information content (AvgIpc) is 2.79. The molecule has 0 saturated heterocycles. The van der Waals surface area contributed by atoms with Crippen molar-refractivity contribution in [2.75, 3.05) is 13.1 Å². The van der Waals surface area contributed by atoms with E-state index in [2.05, 4.69) is 67.8 Å². The minimum Gasteiger partial charge on any atom is -0.508 e. The Morgan fingerprint density at radius 2 is 1.57 bits per heavy atom. The zero-order valence-electron chi connectivity index (χ0n) is 21.4. The molecule has 0 unspecified atom stereocenters. The number of phenols is 1. The molecule has 0 radical (unpaired) electrons. The Balaban J connectivity index is 0. The van der Waals surface area contributed by atoms with Crippen LogP contribution in [0.25, 0.3) is 6.08 Å². The lowest BCUT2D eigenvalue weighted by Gasteiger charge is -2.25. The van der Waals surface area contributed by atoms with E-state index in [0.29, 0.717) is 17.7 Å². The predicted molar refractivity (Wildman–Crippen MR) is 160 cm³/mol. The fourth-order valence-electron chi connectivity index (χ4n) is 3.84. The Hall–Kier alpha value is -1.27. The van der Waals surface area contributed by atoms with Crippen LogP contribution in [-0.4, -0.2) is 36.3 Å². The standard InChI is InChI=1S/C28H43N3O.3ClH/c1-4-5-11-25(29)20-30-27(19-24-13-16-28(32)17-14-24)21-31-26(18-22(2)3)15-12-23-9-7-6-8-10-23;;;/h6-10,12-17,22,25-27,30-32H,4-5,11,18-21,29H2,1-3H3;3*1H/b15-12+;;;/t25-,26+,27-;;;/m0.../s1. The molecule has 0 aliphatic carbocycles. The maximum absolute atomic E-state index is 9.61. The van der Waals surface area contributed by atoms with Gasteiger partial charge in [-0.05, 0) is 48.4 Å². The highest BCUT2D eigenvalue weighted by Crippen LogP contribution is 2.13. The van der Waals surface area contributed by atoms with Gasteiger partial charge in [-0.3, -0.25) is 0 Å². The lowest BCUT2D eigenvalue weighted by atomic mass is 10.0. The molecule has 2 rings (SSSR count). The van der Waals surface area contributed by atoms with E-state index in [0.717, 1.165) is 32.4 Å². The maximum Gasteiger partial charge on any atom is 0.115 e. The van der Waals surface area contributed by atoms with E-state index in [9.17, 15) is 5.11 Å². The first-order valence-corrected chi connectivity index (χ1v) is 12.2. The number of aromatic hydroxyl groups is 1. The van der Waals surface area contributed by atoms with Gasteiger partial charge in [0.2, 0.25) is 0 Å². The van der Waals surface area contributed by atoms with Crippen molar-refractivity contribution in [2.45, 2.75) is 71.0 Å². The summed E-state index contributed by atoms with van der Waals surface area (Å²) in [5.74, 6) is 0.917. The summed E-state index contributed by atoms with van der Waals surface area (Å²) in [4.78, 5) is 0. The third-order valence-corrected chi connectivity index (χ3v) is 5.69. The smallest absolute Gasteiger partial charge is 0.115 e. The lowest BCUT2D eigenvalue weighted by Crippen LogP contribution is -2.47. The van der Waals surface area contributed by atoms with E-state index in [1.807, 2.05) is 18.2 Å². The quantitative estimate of drug-likeness (QED) is 0.209. The molecule has 3 atom stereocenters. The summed E-state index contributed by atoms with van der Waals surface area (Å²) in [6.45, 7) is 8.42. The molecule has 0 amide bonds. The highest BCUT2D eigenvalue weighted by molar-refractivity contribution is 5.86. The topological polar surface area (TPSA) is 70.3 Å². The zero-order chi connectivity index (χ0) is 23.2. The first kappa shape index (κ1) is 35.9. The van der Waals surface area contributed by atoms with E-state index in [4.69, 9.17) is 5.73 Å². The predicted octanol–water partition coefficient (Wildman–Crippen LogP) is 6.39. The van der Waals surface area contributed by atoms with E-state index < -0.39 is 0 Å². The molecule has 2 aromatic carbocycles. The molecule has 0 saturated carbocycles. The molecule has 0 aliphatic heterocycles. The number of nitrogens with two attached hydrogens (primary N) is 1. The second-order valence-electron chi connectivity index (χ2n) is 9.29. The normalized spacial score (nSPS) is 13.4. The Morgan fingerprint density at radius 1 is 0.914 bits per heavy atom. The van der Waals surface area contributed by atoms with Crippen LogP contribution in [-0.2, 0) is 6.42 Å². The molecule has 2 aromatic rings. The van der Waals surface area contributed by atoms with Gasteiger partial charge in [-0.1, -0.05) is 88.2 Å². The van der Waals surface area contributed by atoms with Crippen LogP contribution >= 0.6 is 37.2 Å². The molecule has 200 valence electrons. The number of halogens is 3. The highest BCUT2D eigenvalue weighted by Gasteiger charge is 2.14. The third-order valence-electron chi connectivity index (χ3n) is 5.69. The molecule has 5 N–H and O–H groups in total. The summed E-state index contributed by atoms with van der Waals surface area (Å²) in [5, 5.41) is 17.1. The average molecular weight is 547 g/mol. The molecule has 0 heterocycles. The minimum atomic E-state index is 0. The van der Waals surface area contributed by atoms with Gasteiger partial charge < -0.3 is 21.5 Å². The number of nitrogens with one attached hydrogen (secondary N) is 2. The van der Waals surface area contributed by atoms with Crippen molar-refractivity contribution in [3.05, 3.63) is 71.8 Å². The van der Waals surface area contributed by atoms with Gasteiger partial charge in [0.05, 0.1) is 0 Å². The van der Waals surface area contributed by atoms with E-state index in [1.54, 1.807) is 12.1 Å². The summed E-state index contributed by atoms with van der Waals surface area (Å²) in [5.41, 5.74) is 8.77. The van der Waals surface area contributed by atoms with E-state index in [1.165, 1.54) is 24.0 Å². The molecule has 35 heavy (non-hydrogen) atoms. The van der Waals surface area contributed by atoms with Gasteiger partial charge in [-0.15, -0.1) is 37.2 Å². The number of hydrogen-bond acceptors (Lipinski definition) is 4. The van der Waals surface area contributed by atoms with Crippen molar-refractivity contribution in [1.82, 2.24) is 10.6 Å². The third kappa shape index (κ3) is 16.2. The molecule has 0 bridgehead atoms. The van der Waals surface area contributed by atoms with Gasteiger partial charge in [0, 0.05) is 31.2 Å². The van der Waals surface area contributed by atoms with Crippen molar-refractivity contribution in [1.29, 1.82) is 0 Å². The summed E-state index contributed by atoms with van der Waals surface area (Å²) in [6, 6.07) is 18.8. The monoisotopic (exact) mass is 545 g/mol. The van der Waals surface area contributed by atoms with Gasteiger partial charge in [0.15, 0.2) is 0 Å². The maximum atomic E-state index is 9.61. The van der Waals surface area contributed by atoms with Crippen LogP contribution in [0.3, 0.4) is 0 Å². The Labute approximate surface area is 231 Å². The second-order valence-corrected chi connectivity index (χ2v) is 9.29. The fraction of sp³-hybridized carbons (Fsp3) is 0.500. The van der Waals surface area contributed by atoms with Gasteiger partial charge in [-0.2, -0.15) is 0 Å². The molecule has 0 spiro atoms. The van der Waals surface area contributed by atoms with Gasteiger partial charge in [0.25, 0.3) is 0 Å². The van der Waals surface area contributed by atoms with Crippen molar-refractivity contribution < 1.29 is 5.11 Å². The minimum absolute atomic E-state index is 0. The van der Waals surface area contributed by atoms with Crippen LogP contribution in [0.1, 0.15) is 57.6 Å². The second kappa shape index (κ2) is 20.9. The number of phenolic OH excluding ortho intramolecular Hbond substituents is 1. The molecular weight excluding hydrogens is 501 g/mol. The van der Waals surface area contributed by atoms with Crippen LogP contribution in [0.2, 0.25) is 0 Å². The summed E-state index contributed by atoms with van der Waals surface area (Å²) in [7, 11) is 0. The molecular formula is C28H46Cl3N3O. The first-order chi connectivity index (χ1) is 15.5. The molecule has 0 fully saturated rings. The van der Waals surface area contributed by atoms with Crippen LogP contribution < -0.4 is 16.4 Å². The van der Waals surface area contributed by atoms with Crippen molar-refractivity contribution in [2.24, 2.45) is 11.7 Å². The van der Waals surface area contributed by atoms with Crippen LogP contribution in [0, 0.1) is 5.92 Å². The van der Waals surface area contributed by atoms with E-state index >= 15 is 0 Å². The molecule has 0 aliphatic rings. The number of unbranched alkanes of at least 4 members (excludes halogenated alkanes) is 1. The Morgan fingerprint density at radius 3 is 2.17 bits per heavy atom. The van der Waals surface area contributed by atoms with Gasteiger partial charge >= 0.3 is 0 Å². The Bertz CT molecular complexity index is 773. The number of rotatable bonds is 15. The van der Waals surface area contributed by atoms with Gasteiger partial charge in [0.1, 0.15) is 5.75 Å². The van der Waals surface area contributed by atoms with Gasteiger partial charge in [-0.25, -0.2) is 0 Å². The van der Waals surface area contributed by atoms with Crippen LogP contribution in [0.5, 0.6) is 5.75 Å². The van der Waals surface area contributed by atoms with Crippen molar-refractivity contribution in [3.63, 3.8) is 0 Å². The summed E-state index contributed by atoms with van der Waals surface area (Å²) < 4.78 is 0. The zero-order valence-corrected chi connectivity index (χ0v) is 23.8. The first-order valence-electron chi connectivity index (χ1n) is 12.2. The van der Waals surface area contributed by atoms with Crippen LogP contribution in [0.4, 0.5) is 0 Å². The Kier molecular flexibility index (Phi) is 21.4. The molecule has 0 aromatic heterocycles. The number of benzene rings is 2. The van der Waals surface area contributed by atoms with Crippen molar-refractivity contribution in [3.8, 4) is 5.75 Å². The van der Waals surface area contributed by atoms with Crippen molar-refractivity contribution >= 4 is 43.3 Å². The summed E-state index contributed by atoms with van der Waals surface area (Å²) in [6.07, 6.45) is 9.89. The number of hydrogen-bond donors (Lipinski definition) is 4. The largest absolute Gasteiger partial charge is 0.508 e. The molecule has 7 heteroatoms. The molecule has 4 nitrogen and oxygen atoms in total. The lowest BCUT2D eigenvalue weighted by molar-refractivity contribution is 0.403. The summed E-state index contributed by atoms with van der Waals surface area (Å²) >= 11 is 0. The van der Waals surface area contributed by atoms with E-state index in [-0.39, 0.29) is 49.3 Å².